The molecule has 0 saturated heterocycles. The van der Waals surface area contributed by atoms with Gasteiger partial charge in [-0.25, -0.2) is 0 Å². The van der Waals surface area contributed by atoms with Crippen LogP contribution in [0.1, 0.15) is 39.8 Å². The van der Waals surface area contributed by atoms with Gasteiger partial charge in [0.25, 0.3) is 5.91 Å². The van der Waals surface area contributed by atoms with Crippen LogP contribution < -0.4 is 11.1 Å². The highest BCUT2D eigenvalue weighted by molar-refractivity contribution is 5.96. The second-order valence-electron chi connectivity index (χ2n) is 5.81. The van der Waals surface area contributed by atoms with Crippen LogP contribution in [0.5, 0.6) is 0 Å². The molecule has 136 valence electrons. The first-order valence-electron chi connectivity index (χ1n) is 8.32. The molecule has 26 heavy (non-hydrogen) atoms. The van der Waals surface area contributed by atoms with Gasteiger partial charge in [-0.05, 0) is 50.2 Å². The molecule has 0 unspecified atom stereocenters. The fraction of sp³-hybridized carbons (Fsp3) is 0.263. The Morgan fingerprint density at radius 1 is 1.08 bits per heavy atom. The van der Waals surface area contributed by atoms with Crippen molar-refractivity contribution in [3.63, 3.8) is 0 Å². The Morgan fingerprint density at radius 2 is 1.73 bits per heavy atom. The van der Waals surface area contributed by atoms with Gasteiger partial charge in [-0.3, -0.25) is 19.4 Å². The van der Waals surface area contributed by atoms with E-state index in [-0.39, 0.29) is 18.2 Å². The summed E-state index contributed by atoms with van der Waals surface area (Å²) in [6.07, 6.45) is 1.71. The molecule has 0 fully saturated rings. The molecule has 3 amide bonds. The second-order valence-corrected chi connectivity index (χ2v) is 5.81. The highest BCUT2D eigenvalue weighted by Crippen LogP contribution is 2.10. The fourth-order valence-corrected chi connectivity index (χ4v) is 2.36. The summed E-state index contributed by atoms with van der Waals surface area (Å²) in [7, 11) is 0. The summed E-state index contributed by atoms with van der Waals surface area (Å²) in [4.78, 5) is 41.3. The summed E-state index contributed by atoms with van der Waals surface area (Å²) in [5, 5.41) is 2.73. The number of carbonyl (C=O) groups excluding carboxylic acids is 3. The number of nitrogens with zero attached hydrogens (tertiary/aromatic N) is 2. The number of hydrogen-bond donors (Lipinski definition) is 2. The van der Waals surface area contributed by atoms with Gasteiger partial charge in [-0.2, -0.15) is 0 Å². The topological polar surface area (TPSA) is 105 Å². The Hall–Kier alpha value is -3.22. The fourth-order valence-electron chi connectivity index (χ4n) is 2.36. The summed E-state index contributed by atoms with van der Waals surface area (Å²) in [5.74, 6) is -0.894. The zero-order valence-electron chi connectivity index (χ0n) is 14.9. The predicted octanol–water partition coefficient (Wildman–Crippen LogP) is 1.98. The number of amides is 3. The number of nitrogens with one attached hydrogen (secondary N) is 1. The lowest BCUT2D eigenvalue weighted by molar-refractivity contribution is -0.116. The van der Waals surface area contributed by atoms with Gasteiger partial charge in [-0.15, -0.1) is 0 Å². The summed E-state index contributed by atoms with van der Waals surface area (Å²) in [6, 6.07) is 9.82. The van der Waals surface area contributed by atoms with Gasteiger partial charge in [0.1, 0.15) is 0 Å². The van der Waals surface area contributed by atoms with E-state index in [2.05, 4.69) is 10.3 Å². The van der Waals surface area contributed by atoms with Crippen molar-refractivity contribution in [2.75, 3.05) is 18.4 Å². The number of pyridine rings is 1. The molecule has 2 aromatic rings. The van der Waals surface area contributed by atoms with Crippen LogP contribution in [0.25, 0.3) is 0 Å². The average Bonchev–Trinajstić information content (AvgIpc) is 2.63. The van der Waals surface area contributed by atoms with Crippen molar-refractivity contribution in [2.45, 2.75) is 20.3 Å². The molecule has 0 bridgehead atoms. The second kappa shape index (κ2) is 8.75. The monoisotopic (exact) mass is 354 g/mol. The van der Waals surface area contributed by atoms with Gasteiger partial charge in [-0.1, -0.05) is 0 Å². The Morgan fingerprint density at radius 3 is 2.27 bits per heavy atom. The molecule has 0 aliphatic carbocycles. The van der Waals surface area contributed by atoms with E-state index < -0.39 is 5.91 Å². The molecule has 0 spiro atoms. The number of primary amides is 1. The first-order valence-corrected chi connectivity index (χ1v) is 8.32. The van der Waals surface area contributed by atoms with Crippen LogP contribution in [0.3, 0.4) is 0 Å². The third-order valence-electron chi connectivity index (χ3n) is 3.89. The largest absolute Gasteiger partial charge is 0.366 e. The number of aryl methyl sites for hydroxylation is 1. The first-order chi connectivity index (χ1) is 12.4. The number of nitrogens with two attached hydrogens (primary N) is 1. The molecule has 0 atom stereocenters. The van der Waals surface area contributed by atoms with Crippen LogP contribution in [-0.4, -0.2) is 40.7 Å². The summed E-state index contributed by atoms with van der Waals surface area (Å²) in [5.41, 5.74) is 7.46. The standard InChI is InChI=1S/C19H22N4O3/c1-3-23(19(26)15-5-4-13(2)21-12-15)11-10-17(24)22-16-8-6-14(7-9-16)18(20)25/h4-9,12H,3,10-11H2,1-2H3,(H2,20,25)(H,22,24). The number of rotatable bonds is 7. The van der Waals surface area contributed by atoms with E-state index in [0.29, 0.717) is 29.9 Å². The molecular weight excluding hydrogens is 332 g/mol. The van der Waals surface area contributed by atoms with Crippen molar-refractivity contribution in [1.29, 1.82) is 0 Å². The molecule has 7 nitrogen and oxygen atoms in total. The van der Waals surface area contributed by atoms with Crippen molar-refractivity contribution in [1.82, 2.24) is 9.88 Å². The van der Waals surface area contributed by atoms with Gasteiger partial charge in [0.2, 0.25) is 11.8 Å². The Labute approximate surface area is 152 Å². The van der Waals surface area contributed by atoms with Gasteiger partial charge < -0.3 is 16.0 Å². The maximum Gasteiger partial charge on any atom is 0.255 e. The minimum absolute atomic E-state index is 0.154. The summed E-state index contributed by atoms with van der Waals surface area (Å²) in [6.45, 7) is 4.51. The van der Waals surface area contributed by atoms with E-state index >= 15 is 0 Å². The predicted molar refractivity (Wildman–Crippen MR) is 98.8 cm³/mol. The van der Waals surface area contributed by atoms with E-state index in [0.717, 1.165) is 5.69 Å². The average molecular weight is 354 g/mol. The van der Waals surface area contributed by atoms with Crippen molar-refractivity contribution in [3.05, 3.63) is 59.4 Å². The normalized spacial score (nSPS) is 10.2. The number of anilines is 1. The Bertz CT molecular complexity index is 785. The highest BCUT2D eigenvalue weighted by atomic mass is 16.2. The molecular formula is C19H22N4O3. The summed E-state index contributed by atoms with van der Waals surface area (Å²) >= 11 is 0. The van der Waals surface area contributed by atoms with E-state index in [1.807, 2.05) is 13.8 Å². The van der Waals surface area contributed by atoms with Crippen LogP contribution in [0.2, 0.25) is 0 Å². The highest BCUT2D eigenvalue weighted by Gasteiger charge is 2.15. The Balaban J connectivity index is 1.90. The minimum Gasteiger partial charge on any atom is -0.366 e. The summed E-state index contributed by atoms with van der Waals surface area (Å²) < 4.78 is 0. The zero-order valence-corrected chi connectivity index (χ0v) is 14.9. The SMILES string of the molecule is CCN(CCC(=O)Nc1ccc(C(N)=O)cc1)C(=O)c1ccc(C)nc1. The lowest BCUT2D eigenvalue weighted by Gasteiger charge is -2.20. The molecule has 3 N–H and O–H groups in total. The van der Waals surface area contributed by atoms with Crippen LogP contribution in [0.4, 0.5) is 5.69 Å². The molecule has 0 radical (unpaired) electrons. The third kappa shape index (κ3) is 5.14. The van der Waals surface area contributed by atoms with E-state index in [9.17, 15) is 14.4 Å². The molecule has 1 aromatic carbocycles. The quantitative estimate of drug-likeness (QED) is 0.793. The number of carbonyl (C=O) groups is 3. The zero-order chi connectivity index (χ0) is 19.1. The maximum atomic E-state index is 12.5. The van der Waals surface area contributed by atoms with Crippen molar-refractivity contribution in [3.8, 4) is 0 Å². The van der Waals surface area contributed by atoms with Crippen LogP contribution in [-0.2, 0) is 4.79 Å². The van der Waals surface area contributed by atoms with Gasteiger partial charge in [0.05, 0.1) is 5.56 Å². The van der Waals surface area contributed by atoms with Crippen molar-refractivity contribution in [2.24, 2.45) is 5.73 Å². The smallest absolute Gasteiger partial charge is 0.255 e. The van der Waals surface area contributed by atoms with Gasteiger partial charge in [0.15, 0.2) is 0 Å². The van der Waals surface area contributed by atoms with Gasteiger partial charge >= 0.3 is 0 Å². The number of aromatic nitrogens is 1. The van der Waals surface area contributed by atoms with Crippen LogP contribution in [0, 0.1) is 6.92 Å². The van der Waals surface area contributed by atoms with Crippen molar-refractivity contribution >= 4 is 23.4 Å². The van der Waals surface area contributed by atoms with Crippen molar-refractivity contribution < 1.29 is 14.4 Å². The molecule has 0 aliphatic heterocycles. The lowest BCUT2D eigenvalue weighted by atomic mass is 10.2. The van der Waals surface area contributed by atoms with E-state index in [1.165, 1.54) is 0 Å². The van der Waals surface area contributed by atoms with Crippen LogP contribution in [0.15, 0.2) is 42.6 Å². The third-order valence-corrected chi connectivity index (χ3v) is 3.89. The minimum atomic E-state index is -0.523. The first kappa shape index (κ1) is 19.1. The van der Waals surface area contributed by atoms with Crippen LogP contribution >= 0.6 is 0 Å². The molecule has 0 saturated carbocycles. The number of hydrogen-bond acceptors (Lipinski definition) is 4. The molecule has 1 aromatic heterocycles. The molecule has 7 heteroatoms. The van der Waals surface area contributed by atoms with Gasteiger partial charge in [0, 0.05) is 42.7 Å². The maximum absolute atomic E-state index is 12.5. The Kier molecular flexibility index (Phi) is 6.43. The molecule has 1 heterocycles. The van der Waals surface area contributed by atoms with E-state index in [1.54, 1.807) is 47.5 Å². The lowest BCUT2D eigenvalue weighted by Crippen LogP contribution is -2.33. The molecule has 2 rings (SSSR count). The molecule has 0 aliphatic rings. The van der Waals surface area contributed by atoms with E-state index in [4.69, 9.17) is 5.73 Å². The number of benzene rings is 1.